The molecule has 0 saturated carbocycles. The molecule has 134 valence electrons. The molecule has 0 unspecified atom stereocenters. The largest absolute Gasteiger partial charge is 0.466 e. The summed E-state index contributed by atoms with van der Waals surface area (Å²) < 4.78 is 20.2. The zero-order valence-electron chi connectivity index (χ0n) is 13.5. The lowest BCUT2D eigenvalue weighted by Gasteiger charge is -2.06. The van der Waals surface area contributed by atoms with E-state index >= 15 is 0 Å². The quantitative estimate of drug-likeness (QED) is 0.651. The Bertz CT molecular complexity index is 927. The van der Waals surface area contributed by atoms with Gasteiger partial charge >= 0.3 is 5.97 Å². The second kappa shape index (κ2) is 7.78. The number of esters is 1. The van der Waals surface area contributed by atoms with Crippen LogP contribution in [0.15, 0.2) is 29.9 Å². The molecule has 0 fully saturated rings. The summed E-state index contributed by atoms with van der Waals surface area (Å²) in [6.45, 7) is 1.99. The van der Waals surface area contributed by atoms with Crippen LogP contribution in [-0.2, 0) is 16.0 Å². The van der Waals surface area contributed by atoms with Gasteiger partial charge in [-0.25, -0.2) is 14.1 Å². The average molecular weight is 376 g/mol. The first-order valence-electron chi connectivity index (χ1n) is 7.51. The van der Waals surface area contributed by atoms with Gasteiger partial charge in [-0.15, -0.1) is 16.4 Å². The molecule has 1 aromatic carbocycles. The van der Waals surface area contributed by atoms with Crippen molar-refractivity contribution in [3.8, 4) is 5.69 Å². The van der Waals surface area contributed by atoms with E-state index < -0.39 is 17.7 Å². The Morgan fingerprint density at radius 3 is 2.96 bits per heavy atom. The number of ether oxygens (including phenoxy) is 1. The molecule has 0 atom stereocenters. The van der Waals surface area contributed by atoms with E-state index in [0.717, 1.165) is 17.4 Å². The summed E-state index contributed by atoms with van der Waals surface area (Å²) in [7, 11) is 0. The molecule has 3 aromatic rings. The molecular formula is C15H13FN6O3S. The highest BCUT2D eigenvalue weighted by Crippen LogP contribution is 2.19. The highest BCUT2D eigenvalue weighted by molar-refractivity contribution is 7.14. The van der Waals surface area contributed by atoms with Crippen LogP contribution in [0.4, 0.5) is 9.52 Å². The van der Waals surface area contributed by atoms with Crippen molar-refractivity contribution >= 4 is 28.3 Å². The van der Waals surface area contributed by atoms with Gasteiger partial charge in [-0.05, 0) is 35.5 Å². The van der Waals surface area contributed by atoms with E-state index in [1.165, 1.54) is 23.1 Å². The number of tetrazole rings is 1. The predicted octanol–water partition coefficient (Wildman–Crippen LogP) is 1.62. The van der Waals surface area contributed by atoms with Crippen molar-refractivity contribution in [1.82, 2.24) is 25.2 Å². The number of rotatable bonds is 6. The monoisotopic (exact) mass is 376 g/mol. The molecular weight excluding hydrogens is 363 g/mol. The van der Waals surface area contributed by atoms with E-state index in [1.807, 2.05) is 0 Å². The van der Waals surface area contributed by atoms with Crippen LogP contribution in [0.25, 0.3) is 5.69 Å². The molecule has 9 nitrogen and oxygen atoms in total. The molecule has 0 saturated heterocycles. The Hall–Kier alpha value is -3.21. The van der Waals surface area contributed by atoms with Crippen LogP contribution in [0.5, 0.6) is 0 Å². The smallest absolute Gasteiger partial charge is 0.311 e. The number of halogens is 1. The maximum Gasteiger partial charge on any atom is 0.311 e. The summed E-state index contributed by atoms with van der Waals surface area (Å²) in [6, 6.07) is 3.93. The Morgan fingerprint density at radius 2 is 2.23 bits per heavy atom. The molecule has 0 radical (unpaired) electrons. The Kier molecular flexibility index (Phi) is 5.27. The molecule has 1 N–H and O–H groups in total. The number of amides is 1. The van der Waals surface area contributed by atoms with Crippen molar-refractivity contribution in [2.45, 2.75) is 13.3 Å². The molecule has 2 aromatic heterocycles. The number of thiazole rings is 1. The average Bonchev–Trinajstić information content (AvgIpc) is 3.27. The molecule has 11 heteroatoms. The third kappa shape index (κ3) is 4.06. The topological polar surface area (TPSA) is 112 Å². The van der Waals surface area contributed by atoms with Gasteiger partial charge in [-0.3, -0.25) is 14.9 Å². The number of carbonyl (C=O) groups is 2. The summed E-state index contributed by atoms with van der Waals surface area (Å²) in [5.41, 5.74) is 0.718. The normalized spacial score (nSPS) is 10.5. The maximum atomic E-state index is 14.0. The Balaban J connectivity index is 1.73. The van der Waals surface area contributed by atoms with E-state index in [0.29, 0.717) is 11.4 Å². The number of hydrogen-bond donors (Lipinski definition) is 1. The number of nitrogens with zero attached hydrogens (tertiary/aromatic N) is 5. The molecule has 2 heterocycles. The molecule has 1 amide bonds. The Morgan fingerprint density at radius 1 is 1.38 bits per heavy atom. The van der Waals surface area contributed by atoms with Crippen LogP contribution in [0.1, 0.15) is 23.0 Å². The summed E-state index contributed by atoms with van der Waals surface area (Å²) in [6.07, 6.45) is 1.33. The number of carbonyl (C=O) groups excluding carboxylic acids is 2. The first-order chi connectivity index (χ1) is 12.6. The number of anilines is 1. The molecule has 0 aliphatic carbocycles. The predicted molar refractivity (Wildman–Crippen MR) is 89.5 cm³/mol. The van der Waals surface area contributed by atoms with Gasteiger partial charge in [0.05, 0.1) is 30.0 Å². The fourth-order valence-corrected chi connectivity index (χ4v) is 2.78. The standard InChI is InChI=1S/C15H13FN6O3S/c1-2-25-13(23)5-9-7-26-15(18-9)19-14(24)11-6-10(3-4-12(11)16)22-8-17-20-21-22/h3-4,6-8H,2,5H2,1H3,(H,18,19,24). The van der Waals surface area contributed by atoms with Crippen LogP contribution in [-0.4, -0.2) is 43.7 Å². The van der Waals surface area contributed by atoms with Crippen molar-refractivity contribution < 1.29 is 18.7 Å². The maximum absolute atomic E-state index is 14.0. The van der Waals surface area contributed by atoms with Crippen molar-refractivity contribution in [2.24, 2.45) is 0 Å². The Labute approximate surface area is 150 Å². The second-order valence-electron chi connectivity index (χ2n) is 5.00. The third-order valence-electron chi connectivity index (χ3n) is 3.21. The number of hydrogen-bond acceptors (Lipinski definition) is 8. The van der Waals surface area contributed by atoms with Gasteiger partial charge in [0.1, 0.15) is 12.1 Å². The summed E-state index contributed by atoms with van der Waals surface area (Å²) in [5.74, 6) is -1.77. The molecule has 0 spiro atoms. The van der Waals surface area contributed by atoms with Gasteiger partial charge in [-0.1, -0.05) is 0 Å². The summed E-state index contributed by atoms with van der Waals surface area (Å²) in [5, 5.41) is 15.1. The summed E-state index contributed by atoms with van der Waals surface area (Å²) in [4.78, 5) is 27.9. The van der Waals surface area contributed by atoms with Crippen LogP contribution in [0.3, 0.4) is 0 Å². The lowest BCUT2D eigenvalue weighted by molar-refractivity contribution is -0.142. The van der Waals surface area contributed by atoms with Gasteiger partial charge < -0.3 is 4.74 Å². The SMILES string of the molecule is CCOC(=O)Cc1csc(NC(=O)c2cc(-n3cnnn3)ccc2F)n1. The first kappa shape index (κ1) is 17.6. The third-order valence-corrected chi connectivity index (χ3v) is 4.02. The lowest BCUT2D eigenvalue weighted by Crippen LogP contribution is -2.15. The zero-order chi connectivity index (χ0) is 18.5. The number of benzene rings is 1. The highest BCUT2D eigenvalue weighted by Gasteiger charge is 2.16. The number of nitrogens with one attached hydrogen (secondary N) is 1. The fraction of sp³-hybridized carbons (Fsp3) is 0.200. The minimum Gasteiger partial charge on any atom is -0.466 e. The first-order valence-corrected chi connectivity index (χ1v) is 8.39. The molecule has 26 heavy (non-hydrogen) atoms. The lowest BCUT2D eigenvalue weighted by atomic mass is 10.1. The van der Waals surface area contributed by atoms with E-state index in [2.05, 4.69) is 25.8 Å². The number of aromatic nitrogens is 5. The fourth-order valence-electron chi connectivity index (χ4n) is 2.08. The van der Waals surface area contributed by atoms with Crippen LogP contribution in [0.2, 0.25) is 0 Å². The minimum atomic E-state index is -0.692. The van der Waals surface area contributed by atoms with Gasteiger partial charge in [0, 0.05) is 5.38 Å². The zero-order valence-corrected chi connectivity index (χ0v) is 14.4. The van der Waals surface area contributed by atoms with E-state index in [9.17, 15) is 14.0 Å². The van der Waals surface area contributed by atoms with Crippen molar-refractivity contribution in [3.63, 3.8) is 0 Å². The second-order valence-corrected chi connectivity index (χ2v) is 5.86. The highest BCUT2D eigenvalue weighted by atomic mass is 32.1. The molecule has 3 rings (SSSR count). The van der Waals surface area contributed by atoms with Crippen LogP contribution < -0.4 is 5.32 Å². The molecule has 0 bridgehead atoms. The van der Waals surface area contributed by atoms with Gasteiger partial charge in [0.15, 0.2) is 5.13 Å². The van der Waals surface area contributed by atoms with Gasteiger partial charge in [0.2, 0.25) is 0 Å². The minimum absolute atomic E-state index is 0.00333. The van der Waals surface area contributed by atoms with Crippen LogP contribution >= 0.6 is 11.3 Å². The van der Waals surface area contributed by atoms with E-state index in [-0.39, 0.29) is 23.7 Å². The summed E-state index contributed by atoms with van der Waals surface area (Å²) >= 11 is 1.13. The van der Waals surface area contributed by atoms with Crippen molar-refractivity contribution in [1.29, 1.82) is 0 Å². The van der Waals surface area contributed by atoms with Crippen molar-refractivity contribution in [3.05, 3.63) is 47.0 Å². The van der Waals surface area contributed by atoms with E-state index in [4.69, 9.17) is 4.74 Å². The van der Waals surface area contributed by atoms with E-state index in [1.54, 1.807) is 12.3 Å². The van der Waals surface area contributed by atoms with Crippen LogP contribution in [0, 0.1) is 5.82 Å². The molecule has 0 aliphatic rings. The molecule has 0 aliphatic heterocycles. The van der Waals surface area contributed by atoms with Gasteiger partial charge in [-0.2, -0.15) is 0 Å². The van der Waals surface area contributed by atoms with Crippen molar-refractivity contribution in [2.75, 3.05) is 11.9 Å². The van der Waals surface area contributed by atoms with Gasteiger partial charge in [0.25, 0.3) is 5.91 Å².